The molecule has 0 saturated carbocycles. The van der Waals surface area contributed by atoms with Gasteiger partial charge in [-0.1, -0.05) is 23.2 Å². The fourth-order valence-electron chi connectivity index (χ4n) is 2.03. The predicted octanol–water partition coefficient (Wildman–Crippen LogP) is 3.04. The Labute approximate surface area is 145 Å². The Hall–Kier alpha value is -2.68. The fourth-order valence-corrected chi connectivity index (χ4v) is 2.62. The number of carbonyl (C=O) groups is 1. The molecule has 24 heavy (non-hydrogen) atoms. The summed E-state index contributed by atoms with van der Waals surface area (Å²) in [5.41, 5.74) is 3.36. The molecule has 122 valence electrons. The van der Waals surface area contributed by atoms with Crippen molar-refractivity contribution in [1.82, 2.24) is 25.6 Å². The van der Waals surface area contributed by atoms with Gasteiger partial charge in [-0.05, 0) is 17.7 Å². The molecule has 0 bridgehead atoms. The van der Waals surface area contributed by atoms with Crippen molar-refractivity contribution in [2.45, 2.75) is 0 Å². The third kappa shape index (κ3) is 3.16. The number of hydrogen-bond acceptors (Lipinski definition) is 6. The van der Waals surface area contributed by atoms with E-state index in [9.17, 15) is 4.79 Å². The van der Waals surface area contributed by atoms with Crippen LogP contribution in [-0.2, 0) is 0 Å². The van der Waals surface area contributed by atoms with Gasteiger partial charge in [0, 0.05) is 24.2 Å². The second-order valence-electron chi connectivity index (χ2n) is 4.62. The van der Waals surface area contributed by atoms with Gasteiger partial charge in [0.05, 0.1) is 21.9 Å². The lowest BCUT2D eigenvalue weighted by Gasteiger charge is -2.13. The lowest BCUT2D eigenvalue weighted by molar-refractivity contribution is 0.0701. The lowest BCUT2D eigenvalue weighted by atomic mass is 10.1. The molecular formula is C14H10Cl2N6O2. The van der Waals surface area contributed by atoms with Gasteiger partial charge < -0.3 is 5.32 Å². The maximum atomic E-state index is 11.6. The SMILES string of the molecule is O=C(NO)c1nccnc1Nc1c(Cl)cc(-c2cn[nH]c2)cc1Cl. The molecule has 0 aliphatic rings. The Morgan fingerprint density at radius 3 is 2.46 bits per heavy atom. The minimum Gasteiger partial charge on any atom is -0.336 e. The molecule has 2 heterocycles. The zero-order valence-corrected chi connectivity index (χ0v) is 13.4. The van der Waals surface area contributed by atoms with Crippen LogP contribution < -0.4 is 10.8 Å². The molecule has 0 radical (unpaired) electrons. The smallest absolute Gasteiger partial charge is 0.297 e. The van der Waals surface area contributed by atoms with Crippen LogP contribution in [-0.4, -0.2) is 31.3 Å². The molecule has 1 aromatic carbocycles. The van der Waals surface area contributed by atoms with Crippen molar-refractivity contribution in [1.29, 1.82) is 0 Å². The number of carbonyl (C=O) groups excluding carboxylic acids is 1. The van der Waals surface area contributed by atoms with E-state index in [-0.39, 0.29) is 11.5 Å². The molecule has 3 rings (SSSR count). The number of halogens is 2. The van der Waals surface area contributed by atoms with E-state index in [1.165, 1.54) is 17.9 Å². The van der Waals surface area contributed by atoms with Crippen LogP contribution in [0.4, 0.5) is 11.5 Å². The summed E-state index contributed by atoms with van der Waals surface area (Å²) in [5, 5.41) is 18.9. The summed E-state index contributed by atoms with van der Waals surface area (Å²) in [7, 11) is 0. The normalized spacial score (nSPS) is 10.5. The van der Waals surface area contributed by atoms with E-state index in [2.05, 4.69) is 25.5 Å². The number of aromatic nitrogens is 4. The number of anilines is 2. The standard InChI is InChI=1S/C14H10Cl2N6O2/c15-9-3-7(8-5-19-20-6-8)4-10(16)11(9)21-13-12(14(23)22-24)17-1-2-18-13/h1-6,24H,(H,18,21)(H,19,20)(H,22,23). The molecule has 0 atom stereocenters. The van der Waals surface area contributed by atoms with Crippen molar-refractivity contribution < 1.29 is 10.0 Å². The molecule has 2 aromatic heterocycles. The van der Waals surface area contributed by atoms with Crippen LogP contribution in [0.1, 0.15) is 10.5 Å². The van der Waals surface area contributed by atoms with Crippen LogP contribution in [0.3, 0.4) is 0 Å². The highest BCUT2D eigenvalue weighted by Crippen LogP contribution is 2.37. The van der Waals surface area contributed by atoms with Crippen LogP contribution in [0.5, 0.6) is 0 Å². The van der Waals surface area contributed by atoms with E-state index >= 15 is 0 Å². The highest BCUT2D eigenvalue weighted by molar-refractivity contribution is 6.39. The molecule has 0 fully saturated rings. The van der Waals surface area contributed by atoms with Crippen LogP contribution in [0.25, 0.3) is 11.1 Å². The molecule has 10 heteroatoms. The number of hydroxylamine groups is 1. The molecule has 0 spiro atoms. The fraction of sp³-hybridized carbons (Fsp3) is 0. The first kappa shape index (κ1) is 16.2. The van der Waals surface area contributed by atoms with Gasteiger partial charge in [0.1, 0.15) is 0 Å². The average Bonchev–Trinajstić information content (AvgIpc) is 3.12. The van der Waals surface area contributed by atoms with Crippen LogP contribution >= 0.6 is 23.2 Å². The minimum absolute atomic E-state index is 0.101. The van der Waals surface area contributed by atoms with Gasteiger partial charge in [0.15, 0.2) is 11.5 Å². The van der Waals surface area contributed by atoms with Gasteiger partial charge in [-0.2, -0.15) is 5.10 Å². The van der Waals surface area contributed by atoms with Crippen molar-refractivity contribution >= 4 is 40.6 Å². The van der Waals surface area contributed by atoms with E-state index in [1.54, 1.807) is 24.5 Å². The summed E-state index contributed by atoms with van der Waals surface area (Å²) < 4.78 is 0. The molecular weight excluding hydrogens is 355 g/mol. The quantitative estimate of drug-likeness (QED) is 0.417. The first-order valence-corrected chi connectivity index (χ1v) is 7.36. The van der Waals surface area contributed by atoms with Crippen molar-refractivity contribution in [3.05, 3.63) is 52.7 Å². The van der Waals surface area contributed by atoms with Crippen LogP contribution in [0.15, 0.2) is 36.9 Å². The second kappa shape index (κ2) is 6.83. The molecule has 3 aromatic rings. The summed E-state index contributed by atoms with van der Waals surface area (Å²) in [5.74, 6) is -0.711. The van der Waals surface area contributed by atoms with Crippen molar-refractivity contribution in [3.8, 4) is 11.1 Å². The number of nitrogens with one attached hydrogen (secondary N) is 3. The Balaban J connectivity index is 1.99. The van der Waals surface area contributed by atoms with E-state index in [0.717, 1.165) is 11.1 Å². The topological polar surface area (TPSA) is 116 Å². The Morgan fingerprint density at radius 2 is 1.83 bits per heavy atom. The number of rotatable bonds is 4. The summed E-state index contributed by atoms with van der Waals surface area (Å²) in [6.07, 6.45) is 6.06. The number of aromatic amines is 1. The Morgan fingerprint density at radius 1 is 1.12 bits per heavy atom. The Bertz CT molecular complexity index is 862. The van der Waals surface area contributed by atoms with E-state index in [0.29, 0.717) is 15.7 Å². The predicted molar refractivity (Wildman–Crippen MR) is 88.6 cm³/mol. The molecule has 0 aliphatic heterocycles. The molecule has 0 saturated heterocycles. The lowest BCUT2D eigenvalue weighted by Crippen LogP contribution is -2.21. The van der Waals surface area contributed by atoms with E-state index in [1.807, 2.05) is 0 Å². The van der Waals surface area contributed by atoms with Crippen molar-refractivity contribution in [3.63, 3.8) is 0 Å². The average molecular weight is 365 g/mol. The number of amides is 1. The van der Waals surface area contributed by atoms with Gasteiger partial charge in [-0.25, -0.2) is 15.4 Å². The third-order valence-corrected chi connectivity index (χ3v) is 3.73. The van der Waals surface area contributed by atoms with Gasteiger partial charge in [-0.3, -0.25) is 15.1 Å². The van der Waals surface area contributed by atoms with Crippen molar-refractivity contribution in [2.24, 2.45) is 0 Å². The highest BCUT2D eigenvalue weighted by Gasteiger charge is 2.17. The molecule has 4 N–H and O–H groups in total. The summed E-state index contributed by atoms with van der Waals surface area (Å²) in [4.78, 5) is 19.5. The second-order valence-corrected chi connectivity index (χ2v) is 5.44. The zero-order valence-electron chi connectivity index (χ0n) is 11.9. The summed E-state index contributed by atoms with van der Waals surface area (Å²) in [6, 6.07) is 3.39. The van der Waals surface area contributed by atoms with E-state index < -0.39 is 5.91 Å². The van der Waals surface area contributed by atoms with Gasteiger partial charge >= 0.3 is 0 Å². The monoisotopic (exact) mass is 364 g/mol. The van der Waals surface area contributed by atoms with Crippen LogP contribution in [0, 0.1) is 0 Å². The first-order valence-electron chi connectivity index (χ1n) is 6.61. The number of H-pyrrole nitrogens is 1. The number of hydrogen-bond donors (Lipinski definition) is 4. The maximum Gasteiger partial charge on any atom is 0.297 e. The number of benzene rings is 1. The largest absolute Gasteiger partial charge is 0.336 e. The van der Waals surface area contributed by atoms with E-state index in [4.69, 9.17) is 28.4 Å². The Kier molecular flexibility index (Phi) is 4.61. The van der Waals surface area contributed by atoms with Crippen molar-refractivity contribution in [2.75, 3.05) is 5.32 Å². The highest BCUT2D eigenvalue weighted by atomic mass is 35.5. The molecule has 8 nitrogen and oxygen atoms in total. The van der Waals surface area contributed by atoms with Gasteiger partial charge in [-0.15, -0.1) is 0 Å². The maximum absolute atomic E-state index is 11.6. The minimum atomic E-state index is -0.812. The summed E-state index contributed by atoms with van der Waals surface area (Å²) in [6.45, 7) is 0. The molecule has 0 unspecified atom stereocenters. The van der Waals surface area contributed by atoms with Gasteiger partial charge in [0.2, 0.25) is 0 Å². The third-order valence-electron chi connectivity index (χ3n) is 3.13. The number of nitrogens with zero attached hydrogens (tertiary/aromatic N) is 3. The molecule has 0 aliphatic carbocycles. The molecule has 1 amide bonds. The summed E-state index contributed by atoms with van der Waals surface area (Å²) >= 11 is 12.6. The van der Waals surface area contributed by atoms with Crippen LogP contribution in [0.2, 0.25) is 10.0 Å². The first-order chi connectivity index (χ1) is 11.6. The van der Waals surface area contributed by atoms with Gasteiger partial charge in [0.25, 0.3) is 5.91 Å². The zero-order chi connectivity index (χ0) is 17.1.